The van der Waals surface area contributed by atoms with Gasteiger partial charge in [0, 0.05) is 5.88 Å². The molecule has 1 aromatic rings. The van der Waals surface area contributed by atoms with Crippen molar-refractivity contribution >= 4 is 17.6 Å². The zero-order chi connectivity index (χ0) is 12.8. The number of nitrogens with zero attached hydrogens (tertiary/aromatic N) is 1. The van der Waals surface area contributed by atoms with Gasteiger partial charge in [-0.05, 0) is 29.2 Å². The molecule has 0 fully saturated rings. The van der Waals surface area contributed by atoms with E-state index in [1.807, 2.05) is 13.0 Å². The number of ether oxygens (including phenoxy) is 1. The lowest BCUT2D eigenvalue weighted by atomic mass is 9.96. The van der Waals surface area contributed by atoms with Crippen LogP contribution < -0.4 is 0 Å². The summed E-state index contributed by atoms with van der Waals surface area (Å²) in [6.07, 6.45) is 0.919. The van der Waals surface area contributed by atoms with Gasteiger partial charge in [-0.25, -0.2) is 0 Å². The summed E-state index contributed by atoms with van der Waals surface area (Å²) in [7, 11) is 1.34. The minimum atomic E-state index is -0.329. The Bertz CT molecular complexity index is 463. The van der Waals surface area contributed by atoms with Crippen LogP contribution in [0.25, 0.3) is 0 Å². The topological polar surface area (TPSA) is 50.1 Å². The van der Waals surface area contributed by atoms with Crippen LogP contribution in [0.3, 0.4) is 0 Å². The monoisotopic (exact) mass is 251 g/mol. The number of hydrogen-bond acceptors (Lipinski definition) is 3. The molecule has 4 heteroatoms. The molecule has 0 saturated heterocycles. The number of halogens is 1. The summed E-state index contributed by atoms with van der Waals surface area (Å²) >= 11 is 5.85. The molecule has 0 saturated carbocycles. The summed E-state index contributed by atoms with van der Waals surface area (Å²) in [5, 5.41) is 9.03. The third kappa shape index (κ3) is 3.21. The molecular formula is C13H14ClNO2. The Morgan fingerprint density at radius 2 is 2.12 bits per heavy atom. The third-order valence-electron chi connectivity index (χ3n) is 2.63. The second-order valence-corrected chi connectivity index (χ2v) is 3.90. The van der Waals surface area contributed by atoms with Gasteiger partial charge in [-0.15, -0.1) is 11.6 Å². The minimum Gasteiger partial charge on any atom is -0.469 e. The molecule has 0 aliphatic carbocycles. The highest BCUT2D eigenvalue weighted by molar-refractivity contribution is 6.17. The lowest BCUT2D eigenvalue weighted by Crippen LogP contribution is -2.07. The van der Waals surface area contributed by atoms with Crippen molar-refractivity contribution in [2.45, 2.75) is 25.6 Å². The molecule has 0 spiro atoms. The number of benzene rings is 1. The van der Waals surface area contributed by atoms with Gasteiger partial charge in [0.2, 0.25) is 0 Å². The summed E-state index contributed by atoms with van der Waals surface area (Å²) in [6.45, 7) is 1.98. The van der Waals surface area contributed by atoms with Gasteiger partial charge >= 0.3 is 5.97 Å². The number of hydrogen-bond donors (Lipinski definition) is 0. The van der Waals surface area contributed by atoms with E-state index in [1.54, 1.807) is 6.07 Å². The number of aryl methyl sites for hydroxylation is 1. The number of esters is 1. The first-order valence-electron chi connectivity index (χ1n) is 5.33. The maximum atomic E-state index is 11.3. The summed E-state index contributed by atoms with van der Waals surface area (Å²) in [5.41, 5.74) is 3.20. The molecule has 3 nitrogen and oxygen atoms in total. The first-order valence-corrected chi connectivity index (χ1v) is 5.87. The van der Waals surface area contributed by atoms with Crippen molar-refractivity contribution in [2.24, 2.45) is 0 Å². The quantitative estimate of drug-likeness (QED) is 0.610. The predicted molar refractivity (Wildman–Crippen MR) is 65.8 cm³/mol. The number of carbonyl (C=O) groups excluding carboxylic acids is 1. The highest BCUT2D eigenvalue weighted by Gasteiger charge is 2.11. The van der Waals surface area contributed by atoms with Crippen LogP contribution in [0, 0.1) is 11.3 Å². The first-order chi connectivity index (χ1) is 8.15. The molecule has 0 aliphatic rings. The van der Waals surface area contributed by atoms with E-state index in [9.17, 15) is 4.79 Å². The second kappa shape index (κ2) is 6.27. The van der Waals surface area contributed by atoms with Gasteiger partial charge in [0.25, 0.3) is 0 Å². The number of methoxy groups -OCH3 is 1. The van der Waals surface area contributed by atoms with E-state index in [2.05, 4.69) is 10.8 Å². The highest BCUT2D eigenvalue weighted by atomic mass is 35.5. The Labute approximate surface area is 106 Å². The van der Waals surface area contributed by atoms with Gasteiger partial charge in [0.15, 0.2) is 0 Å². The molecule has 0 bridgehead atoms. The number of nitriles is 1. The highest BCUT2D eigenvalue weighted by Crippen LogP contribution is 2.20. The Balaban J connectivity index is 3.20. The van der Waals surface area contributed by atoms with E-state index in [0.29, 0.717) is 11.4 Å². The van der Waals surface area contributed by atoms with Gasteiger partial charge < -0.3 is 4.74 Å². The third-order valence-corrected chi connectivity index (χ3v) is 2.92. The van der Waals surface area contributed by atoms with Crippen molar-refractivity contribution in [1.29, 1.82) is 5.26 Å². The average Bonchev–Trinajstić information content (AvgIpc) is 2.37. The van der Waals surface area contributed by atoms with Crippen molar-refractivity contribution in [3.63, 3.8) is 0 Å². The Morgan fingerprint density at radius 3 is 2.59 bits per heavy atom. The number of carbonyl (C=O) groups is 1. The Morgan fingerprint density at radius 1 is 1.41 bits per heavy atom. The molecule has 0 heterocycles. The molecule has 0 unspecified atom stereocenters. The zero-order valence-electron chi connectivity index (χ0n) is 9.92. The van der Waals surface area contributed by atoms with E-state index < -0.39 is 0 Å². The van der Waals surface area contributed by atoms with Crippen molar-refractivity contribution in [3.05, 3.63) is 34.4 Å². The van der Waals surface area contributed by atoms with Gasteiger partial charge in [-0.1, -0.05) is 13.0 Å². The molecular weight excluding hydrogens is 238 g/mol. The molecule has 0 aromatic heterocycles. The molecule has 0 amide bonds. The van der Waals surface area contributed by atoms with E-state index in [-0.39, 0.29) is 12.4 Å². The molecule has 1 aromatic carbocycles. The zero-order valence-corrected chi connectivity index (χ0v) is 10.7. The van der Waals surface area contributed by atoms with Crippen molar-refractivity contribution in [2.75, 3.05) is 7.11 Å². The maximum absolute atomic E-state index is 11.3. The SMILES string of the molecule is CCc1cc(CCl)c(CC(=O)OC)cc1C#N. The lowest BCUT2D eigenvalue weighted by molar-refractivity contribution is -0.139. The Kier molecular flexibility index (Phi) is 4.99. The van der Waals surface area contributed by atoms with Gasteiger partial charge in [-0.3, -0.25) is 4.79 Å². The smallest absolute Gasteiger partial charge is 0.309 e. The fourth-order valence-corrected chi connectivity index (χ4v) is 1.90. The normalized spacial score (nSPS) is 9.76. The molecule has 0 atom stereocenters. The van der Waals surface area contributed by atoms with Crippen molar-refractivity contribution in [3.8, 4) is 6.07 Å². The molecule has 17 heavy (non-hydrogen) atoms. The van der Waals surface area contributed by atoms with Crippen LogP contribution >= 0.6 is 11.6 Å². The minimum absolute atomic E-state index is 0.150. The predicted octanol–water partition coefficient (Wildman–Crippen LogP) is 2.57. The maximum Gasteiger partial charge on any atom is 0.309 e. The van der Waals surface area contributed by atoms with E-state index in [1.165, 1.54) is 7.11 Å². The molecule has 0 radical (unpaired) electrons. The van der Waals surface area contributed by atoms with E-state index >= 15 is 0 Å². The Hall–Kier alpha value is -1.53. The molecule has 1 rings (SSSR count). The van der Waals surface area contributed by atoms with E-state index in [0.717, 1.165) is 23.1 Å². The first kappa shape index (κ1) is 13.5. The van der Waals surface area contributed by atoms with Gasteiger partial charge in [0.1, 0.15) is 0 Å². The molecule has 90 valence electrons. The molecule has 0 N–H and O–H groups in total. The van der Waals surface area contributed by atoms with Crippen LogP contribution in [0.1, 0.15) is 29.2 Å². The number of alkyl halides is 1. The fourth-order valence-electron chi connectivity index (χ4n) is 1.65. The molecule has 0 aliphatic heterocycles. The summed E-state index contributed by atoms with van der Waals surface area (Å²) in [6, 6.07) is 5.76. The van der Waals surface area contributed by atoms with Crippen LogP contribution in [-0.2, 0) is 28.3 Å². The lowest BCUT2D eigenvalue weighted by Gasteiger charge is -2.10. The van der Waals surface area contributed by atoms with E-state index in [4.69, 9.17) is 16.9 Å². The van der Waals surface area contributed by atoms with Crippen molar-refractivity contribution < 1.29 is 9.53 Å². The van der Waals surface area contributed by atoms with Crippen LogP contribution in [0.4, 0.5) is 0 Å². The van der Waals surface area contributed by atoms with Crippen LogP contribution in [0.5, 0.6) is 0 Å². The summed E-state index contributed by atoms with van der Waals surface area (Å²) in [5.74, 6) is -0.00472. The largest absolute Gasteiger partial charge is 0.469 e. The summed E-state index contributed by atoms with van der Waals surface area (Å²) < 4.78 is 4.62. The van der Waals surface area contributed by atoms with Gasteiger partial charge in [-0.2, -0.15) is 5.26 Å². The number of rotatable bonds is 4. The fraction of sp³-hybridized carbons (Fsp3) is 0.385. The van der Waals surface area contributed by atoms with Gasteiger partial charge in [0.05, 0.1) is 25.2 Å². The van der Waals surface area contributed by atoms with Crippen LogP contribution in [-0.4, -0.2) is 13.1 Å². The van der Waals surface area contributed by atoms with Crippen LogP contribution in [0.15, 0.2) is 12.1 Å². The average molecular weight is 252 g/mol. The second-order valence-electron chi connectivity index (χ2n) is 3.63. The van der Waals surface area contributed by atoms with Crippen molar-refractivity contribution in [1.82, 2.24) is 0 Å². The standard InChI is InChI=1S/C13H14ClNO2/c1-3-9-4-11(7-14)10(5-12(9)8-15)6-13(16)17-2/h4-5H,3,6-7H2,1-2H3. The van der Waals surface area contributed by atoms with Crippen LogP contribution in [0.2, 0.25) is 0 Å². The summed E-state index contributed by atoms with van der Waals surface area (Å²) in [4.78, 5) is 11.3.